The highest BCUT2D eigenvalue weighted by Gasteiger charge is 2.28. The second kappa shape index (κ2) is 7.54. The molecule has 0 radical (unpaired) electrons. The van der Waals surface area contributed by atoms with Gasteiger partial charge in [-0.2, -0.15) is 5.10 Å². The number of aromatic nitrogens is 3. The number of carbonyl (C=O) groups is 1. The largest absolute Gasteiger partial charge is 0.298 e. The van der Waals surface area contributed by atoms with Gasteiger partial charge < -0.3 is 0 Å². The van der Waals surface area contributed by atoms with Crippen molar-refractivity contribution >= 4 is 48.4 Å². The molecule has 0 atom stereocenters. The van der Waals surface area contributed by atoms with Crippen LogP contribution in [0.4, 0.5) is 10.9 Å². The van der Waals surface area contributed by atoms with E-state index in [0.717, 1.165) is 20.1 Å². The van der Waals surface area contributed by atoms with Crippen LogP contribution in [0.25, 0.3) is 10.2 Å². The van der Waals surface area contributed by atoms with Crippen molar-refractivity contribution < 1.29 is 13.2 Å². The molecule has 30 heavy (non-hydrogen) atoms. The van der Waals surface area contributed by atoms with Crippen molar-refractivity contribution in [2.45, 2.75) is 11.8 Å². The molecule has 2 aromatic heterocycles. The summed E-state index contributed by atoms with van der Waals surface area (Å²) in [4.78, 5) is 17.4. The number of nitrogens with one attached hydrogen (secondary N) is 1. The first-order valence-corrected chi connectivity index (χ1v) is 11.3. The Hall–Kier alpha value is -3.24. The Morgan fingerprint density at radius 3 is 2.53 bits per heavy atom. The summed E-state index contributed by atoms with van der Waals surface area (Å²) in [5.74, 6) is -0.322. The van der Waals surface area contributed by atoms with E-state index in [4.69, 9.17) is 0 Å². The van der Waals surface area contributed by atoms with Crippen molar-refractivity contribution in [3.63, 3.8) is 0 Å². The summed E-state index contributed by atoms with van der Waals surface area (Å²) >= 11 is 1.34. The summed E-state index contributed by atoms with van der Waals surface area (Å²) in [6, 6.07) is 14.1. The number of carbonyl (C=O) groups excluding carboxylic acids is 1. The minimum atomic E-state index is -3.87. The lowest BCUT2D eigenvalue weighted by Crippen LogP contribution is -2.30. The molecule has 8 nitrogen and oxygen atoms in total. The molecule has 0 bridgehead atoms. The van der Waals surface area contributed by atoms with Gasteiger partial charge in [0.25, 0.3) is 15.9 Å². The molecule has 1 amide bonds. The van der Waals surface area contributed by atoms with Crippen molar-refractivity contribution in [1.82, 2.24) is 14.8 Å². The van der Waals surface area contributed by atoms with Gasteiger partial charge in [0.05, 0.1) is 21.3 Å². The van der Waals surface area contributed by atoms with Gasteiger partial charge in [-0.15, -0.1) is 0 Å². The van der Waals surface area contributed by atoms with E-state index in [2.05, 4.69) is 15.4 Å². The number of para-hydroxylation sites is 1. The van der Waals surface area contributed by atoms with Crippen LogP contribution >= 0.6 is 11.3 Å². The maximum Gasteiger partial charge on any atom is 0.265 e. The molecular weight excluding hydrogens is 422 g/mol. The van der Waals surface area contributed by atoms with Crippen molar-refractivity contribution in [1.29, 1.82) is 0 Å². The molecule has 10 heteroatoms. The number of amides is 1. The summed E-state index contributed by atoms with van der Waals surface area (Å²) < 4.78 is 29.5. The Balaban J connectivity index is 1.66. The van der Waals surface area contributed by atoms with Gasteiger partial charge in [0.2, 0.25) is 0 Å². The van der Waals surface area contributed by atoms with Crippen LogP contribution in [-0.4, -0.2) is 36.1 Å². The highest BCUT2D eigenvalue weighted by molar-refractivity contribution is 7.92. The molecule has 0 spiro atoms. The van der Waals surface area contributed by atoms with E-state index in [-0.39, 0.29) is 16.3 Å². The molecule has 0 fully saturated rings. The molecule has 2 heterocycles. The van der Waals surface area contributed by atoms with Gasteiger partial charge in [-0.1, -0.05) is 41.2 Å². The fraction of sp³-hybridized carbons (Fsp3) is 0.150. The smallest absolute Gasteiger partial charge is 0.265 e. The second-order valence-corrected chi connectivity index (χ2v) is 9.73. The number of hydrogen-bond donors (Lipinski definition) is 1. The van der Waals surface area contributed by atoms with Crippen molar-refractivity contribution in [2.24, 2.45) is 7.05 Å². The third-order valence-electron chi connectivity index (χ3n) is 4.64. The van der Waals surface area contributed by atoms with Gasteiger partial charge >= 0.3 is 0 Å². The number of benzene rings is 2. The monoisotopic (exact) mass is 441 g/mol. The zero-order chi connectivity index (χ0) is 21.5. The third kappa shape index (κ3) is 3.55. The van der Waals surface area contributed by atoms with E-state index in [1.807, 2.05) is 31.2 Å². The minimum Gasteiger partial charge on any atom is -0.298 e. The molecule has 0 unspecified atom stereocenters. The average Bonchev–Trinajstić information content (AvgIpc) is 3.30. The molecule has 154 valence electrons. The molecule has 1 N–H and O–H groups in total. The van der Waals surface area contributed by atoms with Gasteiger partial charge in [-0.25, -0.2) is 13.4 Å². The number of anilines is 2. The number of aryl methyl sites for hydroxylation is 2. The summed E-state index contributed by atoms with van der Waals surface area (Å²) in [5, 5.41) is 7.28. The Labute approximate surface area is 177 Å². The number of nitrogens with zero attached hydrogens (tertiary/aromatic N) is 4. The lowest BCUT2D eigenvalue weighted by molar-refractivity contribution is 0.102. The predicted molar refractivity (Wildman–Crippen MR) is 118 cm³/mol. The van der Waals surface area contributed by atoms with Crippen molar-refractivity contribution in [2.75, 3.05) is 16.7 Å². The third-order valence-corrected chi connectivity index (χ3v) is 7.36. The molecule has 0 aliphatic carbocycles. The lowest BCUT2D eigenvalue weighted by atomic mass is 10.2. The molecule has 4 rings (SSSR count). The van der Waals surface area contributed by atoms with E-state index in [1.54, 1.807) is 31.3 Å². The number of thiazole rings is 1. The van der Waals surface area contributed by atoms with Crippen LogP contribution in [-0.2, 0) is 17.1 Å². The van der Waals surface area contributed by atoms with Gasteiger partial charge in [0.1, 0.15) is 5.56 Å². The highest BCUT2D eigenvalue weighted by Crippen LogP contribution is 2.29. The van der Waals surface area contributed by atoms with Crippen LogP contribution in [0.3, 0.4) is 0 Å². The van der Waals surface area contributed by atoms with E-state index >= 15 is 0 Å². The van der Waals surface area contributed by atoms with E-state index < -0.39 is 15.9 Å². The minimum absolute atomic E-state index is 0.134. The first-order valence-electron chi connectivity index (χ1n) is 9.02. The molecule has 0 saturated carbocycles. The molecule has 0 aliphatic rings. The van der Waals surface area contributed by atoms with E-state index in [1.165, 1.54) is 29.3 Å². The summed E-state index contributed by atoms with van der Waals surface area (Å²) in [7, 11) is -0.879. The standard InChI is InChI=1S/C20H19N5O3S2/c1-13-8-10-14(11-9-13)30(27,28)25(3)19-15(12-21-24(19)2)18(26)23-20-22-16-6-4-5-7-17(16)29-20/h4-12H,1-3H3,(H,22,23,26). The van der Waals surface area contributed by atoms with E-state index in [9.17, 15) is 13.2 Å². The van der Waals surface area contributed by atoms with Crippen LogP contribution < -0.4 is 9.62 Å². The van der Waals surface area contributed by atoms with Crippen LogP contribution in [0.5, 0.6) is 0 Å². The normalized spacial score (nSPS) is 11.6. The van der Waals surface area contributed by atoms with Gasteiger partial charge in [0, 0.05) is 14.1 Å². The fourth-order valence-corrected chi connectivity index (χ4v) is 5.14. The molecule has 0 saturated heterocycles. The SMILES string of the molecule is Cc1ccc(S(=O)(=O)N(C)c2c(C(=O)Nc3nc4ccccc4s3)cnn2C)cc1. The average molecular weight is 442 g/mol. The van der Waals surface area contributed by atoms with Crippen LogP contribution in [0.2, 0.25) is 0 Å². The summed E-state index contributed by atoms with van der Waals surface area (Å²) in [6.07, 6.45) is 1.35. The maximum atomic E-state index is 13.1. The van der Waals surface area contributed by atoms with Gasteiger partial charge in [0.15, 0.2) is 10.9 Å². The number of fused-ring (bicyclic) bond motifs is 1. The first-order chi connectivity index (χ1) is 14.3. The number of sulfonamides is 1. The van der Waals surface area contributed by atoms with Gasteiger partial charge in [-0.05, 0) is 31.2 Å². The topological polar surface area (TPSA) is 97.2 Å². The van der Waals surface area contributed by atoms with E-state index in [0.29, 0.717) is 5.13 Å². The highest BCUT2D eigenvalue weighted by atomic mass is 32.2. The first kappa shape index (κ1) is 20.0. The van der Waals surface area contributed by atoms with Crippen molar-refractivity contribution in [3.8, 4) is 0 Å². The van der Waals surface area contributed by atoms with Gasteiger partial charge in [-0.3, -0.25) is 19.1 Å². The van der Waals surface area contributed by atoms with Crippen LogP contribution in [0.1, 0.15) is 15.9 Å². The Morgan fingerprint density at radius 2 is 1.83 bits per heavy atom. The fourth-order valence-electron chi connectivity index (χ4n) is 3.04. The Morgan fingerprint density at radius 1 is 1.13 bits per heavy atom. The summed E-state index contributed by atoms with van der Waals surface area (Å²) in [6.45, 7) is 1.88. The van der Waals surface area contributed by atoms with Crippen molar-refractivity contribution in [3.05, 3.63) is 65.9 Å². The van der Waals surface area contributed by atoms with Crippen LogP contribution in [0, 0.1) is 6.92 Å². The maximum absolute atomic E-state index is 13.1. The molecule has 4 aromatic rings. The van der Waals surface area contributed by atoms with Crippen LogP contribution in [0.15, 0.2) is 59.6 Å². The molecular formula is C20H19N5O3S2. The molecule has 0 aliphatic heterocycles. The zero-order valence-corrected chi connectivity index (χ0v) is 18.2. The quantitative estimate of drug-likeness (QED) is 0.512. The Bertz CT molecular complexity index is 1310. The number of hydrogen-bond acceptors (Lipinski definition) is 6. The Kier molecular flexibility index (Phi) is 5.04. The molecule has 2 aromatic carbocycles. The second-order valence-electron chi connectivity index (χ2n) is 6.73. The lowest BCUT2D eigenvalue weighted by Gasteiger charge is -2.20. The predicted octanol–water partition coefficient (Wildman–Crippen LogP) is 3.42. The zero-order valence-electron chi connectivity index (χ0n) is 16.5. The summed E-state index contributed by atoms with van der Waals surface area (Å²) in [5.41, 5.74) is 1.87. The number of rotatable bonds is 5.